The number of hydrogen-bond acceptors (Lipinski definition) is 3. The summed E-state index contributed by atoms with van der Waals surface area (Å²) in [5.41, 5.74) is 6.17. The van der Waals surface area contributed by atoms with Crippen LogP contribution >= 0.6 is 0 Å². The van der Waals surface area contributed by atoms with Crippen LogP contribution in [0, 0.1) is 0 Å². The summed E-state index contributed by atoms with van der Waals surface area (Å²) >= 11 is 0. The van der Waals surface area contributed by atoms with Crippen LogP contribution in [0.25, 0.3) is 11.1 Å². The molecular weight excluding hydrogens is 314 g/mol. The van der Waals surface area contributed by atoms with E-state index in [0.29, 0.717) is 12.8 Å². The van der Waals surface area contributed by atoms with E-state index in [4.69, 9.17) is 5.21 Å². The third kappa shape index (κ3) is 6.00. The Bertz CT molecular complexity index is 650. The second-order valence-electron chi connectivity index (χ2n) is 6.37. The Hall–Kier alpha value is -2.17. The van der Waals surface area contributed by atoms with E-state index in [-0.39, 0.29) is 12.3 Å². The number of aliphatic hydroxyl groups is 1. The van der Waals surface area contributed by atoms with Crippen molar-refractivity contribution in [2.45, 2.75) is 51.6 Å². The van der Waals surface area contributed by atoms with E-state index < -0.39 is 6.10 Å². The van der Waals surface area contributed by atoms with Crippen LogP contribution in [0.2, 0.25) is 0 Å². The molecule has 2 aromatic rings. The van der Waals surface area contributed by atoms with Crippen LogP contribution < -0.4 is 5.48 Å². The summed E-state index contributed by atoms with van der Waals surface area (Å²) in [6, 6.07) is 16.6. The average molecular weight is 341 g/mol. The van der Waals surface area contributed by atoms with Gasteiger partial charge in [0, 0.05) is 6.42 Å². The number of rotatable bonds is 9. The van der Waals surface area contributed by atoms with E-state index in [1.807, 2.05) is 24.3 Å². The molecular formula is C21H27NO3. The van der Waals surface area contributed by atoms with E-state index in [2.05, 4.69) is 31.2 Å². The molecule has 1 amide bonds. The van der Waals surface area contributed by atoms with Crippen molar-refractivity contribution >= 4 is 5.91 Å². The van der Waals surface area contributed by atoms with Gasteiger partial charge in [0.2, 0.25) is 5.91 Å². The van der Waals surface area contributed by atoms with Gasteiger partial charge in [-0.1, -0.05) is 68.3 Å². The number of aryl methyl sites for hydroxylation is 1. The van der Waals surface area contributed by atoms with Crippen LogP contribution in [0.1, 0.15) is 56.3 Å². The van der Waals surface area contributed by atoms with Gasteiger partial charge in [0.05, 0.1) is 6.10 Å². The Kier molecular flexibility index (Phi) is 7.64. The van der Waals surface area contributed by atoms with E-state index in [9.17, 15) is 9.90 Å². The van der Waals surface area contributed by atoms with Crippen LogP contribution in [0.4, 0.5) is 0 Å². The maximum atomic E-state index is 10.9. The Morgan fingerprint density at radius 3 is 2.16 bits per heavy atom. The highest BCUT2D eigenvalue weighted by Gasteiger charge is 2.08. The van der Waals surface area contributed by atoms with Gasteiger partial charge < -0.3 is 5.11 Å². The van der Waals surface area contributed by atoms with E-state index in [1.54, 1.807) is 5.48 Å². The fraction of sp³-hybridized carbons (Fsp3) is 0.381. The molecule has 2 rings (SSSR count). The summed E-state index contributed by atoms with van der Waals surface area (Å²) in [7, 11) is 0. The number of nitrogens with one attached hydrogen (secondary N) is 1. The van der Waals surface area contributed by atoms with Gasteiger partial charge in [0.1, 0.15) is 0 Å². The first kappa shape index (κ1) is 19.2. The summed E-state index contributed by atoms with van der Waals surface area (Å²) in [6.07, 6.45) is 3.97. The molecule has 25 heavy (non-hydrogen) atoms. The van der Waals surface area contributed by atoms with Crippen LogP contribution in [0.5, 0.6) is 0 Å². The summed E-state index contributed by atoms with van der Waals surface area (Å²) in [6.45, 7) is 2.18. The van der Waals surface area contributed by atoms with E-state index >= 15 is 0 Å². The quantitative estimate of drug-likeness (QED) is 0.359. The predicted octanol–water partition coefficient (Wildman–Crippen LogP) is 4.41. The SMILES string of the molecule is CCCc1ccc(-c2ccc([C@H](O)CCCCC(=O)NO)cc2)cc1. The molecule has 4 heteroatoms. The Morgan fingerprint density at radius 2 is 1.60 bits per heavy atom. The van der Waals surface area contributed by atoms with E-state index in [0.717, 1.165) is 30.4 Å². The molecule has 0 spiro atoms. The fourth-order valence-corrected chi connectivity index (χ4v) is 2.90. The molecule has 0 fully saturated rings. The van der Waals surface area contributed by atoms with Crippen molar-refractivity contribution in [1.82, 2.24) is 5.48 Å². The van der Waals surface area contributed by atoms with Crippen molar-refractivity contribution in [3.05, 3.63) is 59.7 Å². The molecule has 0 aliphatic carbocycles. The van der Waals surface area contributed by atoms with Crippen molar-refractivity contribution in [2.24, 2.45) is 0 Å². The number of carbonyl (C=O) groups excluding carboxylic acids is 1. The summed E-state index contributed by atoms with van der Waals surface area (Å²) in [5.74, 6) is -0.385. The monoisotopic (exact) mass is 341 g/mol. The Balaban J connectivity index is 1.89. The maximum absolute atomic E-state index is 10.9. The number of benzene rings is 2. The lowest BCUT2D eigenvalue weighted by Gasteiger charge is -2.12. The molecule has 0 radical (unpaired) electrons. The fourth-order valence-electron chi connectivity index (χ4n) is 2.90. The minimum atomic E-state index is -0.529. The van der Waals surface area contributed by atoms with Gasteiger partial charge in [-0.05, 0) is 41.5 Å². The molecule has 0 bridgehead atoms. The molecule has 0 unspecified atom stereocenters. The average Bonchev–Trinajstić information content (AvgIpc) is 2.66. The van der Waals surface area contributed by atoms with Gasteiger partial charge in [-0.2, -0.15) is 0 Å². The van der Waals surface area contributed by atoms with E-state index in [1.165, 1.54) is 11.1 Å². The number of hydroxylamine groups is 1. The highest BCUT2D eigenvalue weighted by atomic mass is 16.5. The first-order valence-corrected chi connectivity index (χ1v) is 8.94. The second-order valence-corrected chi connectivity index (χ2v) is 6.37. The summed E-state index contributed by atoms with van der Waals surface area (Å²) in [4.78, 5) is 10.9. The zero-order valence-electron chi connectivity index (χ0n) is 14.7. The molecule has 0 heterocycles. The van der Waals surface area contributed by atoms with Crippen LogP contribution in [-0.4, -0.2) is 16.2 Å². The summed E-state index contributed by atoms with van der Waals surface area (Å²) in [5, 5.41) is 18.7. The Morgan fingerprint density at radius 1 is 1.00 bits per heavy atom. The van der Waals surface area contributed by atoms with Crippen molar-refractivity contribution in [2.75, 3.05) is 0 Å². The number of hydrogen-bond donors (Lipinski definition) is 3. The lowest BCUT2D eigenvalue weighted by molar-refractivity contribution is -0.129. The molecule has 0 aliphatic heterocycles. The first-order valence-electron chi connectivity index (χ1n) is 8.94. The summed E-state index contributed by atoms with van der Waals surface area (Å²) < 4.78 is 0. The van der Waals surface area contributed by atoms with Gasteiger partial charge in [-0.25, -0.2) is 5.48 Å². The molecule has 3 N–H and O–H groups in total. The van der Waals surface area contributed by atoms with Crippen molar-refractivity contribution in [1.29, 1.82) is 0 Å². The third-order valence-corrected chi connectivity index (χ3v) is 4.38. The van der Waals surface area contributed by atoms with Gasteiger partial charge >= 0.3 is 0 Å². The Labute approximate surface area is 149 Å². The highest BCUT2D eigenvalue weighted by molar-refractivity contribution is 5.74. The molecule has 4 nitrogen and oxygen atoms in total. The van der Waals surface area contributed by atoms with Crippen LogP contribution in [0.3, 0.4) is 0 Å². The van der Waals surface area contributed by atoms with Gasteiger partial charge in [-0.3, -0.25) is 10.0 Å². The lowest BCUT2D eigenvalue weighted by Crippen LogP contribution is -2.17. The lowest BCUT2D eigenvalue weighted by atomic mass is 9.98. The molecule has 2 aromatic carbocycles. The van der Waals surface area contributed by atoms with Gasteiger partial charge in [-0.15, -0.1) is 0 Å². The zero-order valence-corrected chi connectivity index (χ0v) is 14.7. The van der Waals surface area contributed by atoms with Crippen molar-refractivity contribution in [3.63, 3.8) is 0 Å². The molecule has 0 saturated heterocycles. The normalized spacial score (nSPS) is 12.0. The zero-order chi connectivity index (χ0) is 18.1. The molecule has 0 aliphatic rings. The molecule has 1 atom stereocenters. The molecule has 134 valence electrons. The highest BCUT2D eigenvalue weighted by Crippen LogP contribution is 2.25. The van der Waals surface area contributed by atoms with Gasteiger partial charge in [0.15, 0.2) is 0 Å². The van der Waals surface area contributed by atoms with Crippen molar-refractivity contribution < 1.29 is 15.1 Å². The molecule has 0 aromatic heterocycles. The maximum Gasteiger partial charge on any atom is 0.243 e. The number of carbonyl (C=O) groups is 1. The standard InChI is InChI=1S/C21H27NO3/c1-2-5-16-8-10-17(11-9-16)18-12-14-19(15-13-18)20(23)6-3-4-7-21(24)22-25/h8-15,20,23,25H,2-7H2,1H3,(H,22,24)/t20-/m1/s1. The van der Waals surface area contributed by atoms with Crippen LogP contribution in [0.15, 0.2) is 48.5 Å². The largest absolute Gasteiger partial charge is 0.388 e. The number of unbranched alkanes of at least 4 members (excludes halogenated alkanes) is 1. The van der Waals surface area contributed by atoms with Gasteiger partial charge in [0.25, 0.3) is 0 Å². The second kappa shape index (κ2) is 9.97. The van der Waals surface area contributed by atoms with Crippen molar-refractivity contribution in [3.8, 4) is 11.1 Å². The predicted molar refractivity (Wildman–Crippen MR) is 99.2 cm³/mol. The smallest absolute Gasteiger partial charge is 0.243 e. The topological polar surface area (TPSA) is 69.6 Å². The minimum absolute atomic E-state index is 0.274. The minimum Gasteiger partial charge on any atom is -0.388 e. The number of amides is 1. The molecule has 0 saturated carbocycles. The number of aliphatic hydroxyl groups excluding tert-OH is 1. The first-order chi connectivity index (χ1) is 12.1. The van der Waals surface area contributed by atoms with Crippen LogP contribution in [-0.2, 0) is 11.2 Å². The third-order valence-electron chi connectivity index (χ3n) is 4.38.